The van der Waals surface area contributed by atoms with Crippen molar-refractivity contribution in [1.29, 1.82) is 0 Å². The molecular weight excluding hydrogens is 292 g/mol. The highest BCUT2D eigenvalue weighted by molar-refractivity contribution is 6.03. The first-order chi connectivity index (χ1) is 10.7. The summed E-state index contributed by atoms with van der Waals surface area (Å²) in [5.41, 5.74) is 2.71. The number of carbonyl (C=O) groups is 2. The molecule has 0 saturated heterocycles. The zero-order valence-electron chi connectivity index (χ0n) is 15.5. The minimum atomic E-state index is -0.537. The molecule has 1 aliphatic carbocycles. The smallest absolute Gasteiger partial charge is 0.335 e. The molecule has 0 aromatic rings. The van der Waals surface area contributed by atoms with Crippen molar-refractivity contribution in [2.45, 2.75) is 61.3 Å². The molecule has 1 atom stereocenters. The van der Waals surface area contributed by atoms with Crippen molar-refractivity contribution < 1.29 is 19.1 Å². The third kappa shape index (κ3) is 3.67. The van der Waals surface area contributed by atoms with Gasteiger partial charge < -0.3 is 9.47 Å². The first-order valence-electron chi connectivity index (χ1n) is 8.52. The molecule has 0 aromatic heterocycles. The van der Waals surface area contributed by atoms with E-state index in [4.69, 9.17) is 9.47 Å². The van der Waals surface area contributed by atoms with E-state index in [9.17, 15) is 9.59 Å². The number of esters is 2. The average Bonchev–Trinajstić information content (AvgIpc) is 2.49. The summed E-state index contributed by atoms with van der Waals surface area (Å²) in [6, 6.07) is 0. The molecule has 0 aliphatic heterocycles. The van der Waals surface area contributed by atoms with Crippen molar-refractivity contribution in [3.05, 3.63) is 22.3 Å². The highest BCUT2D eigenvalue weighted by Crippen LogP contribution is 2.48. The number of hydrogen-bond donors (Lipinski definition) is 0. The molecule has 1 unspecified atom stereocenters. The predicted molar refractivity (Wildman–Crippen MR) is 90.8 cm³/mol. The van der Waals surface area contributed by atoms with Gasteiger partial charge in [0.05, 0.1) is 24.4 Å². The summed E-state index contributed by atoms with van der Waals surface area (Å²) >= 11 is 0. The third-order valence-corrected chi connectivity index (χ3v) is 4.79. The first-order valence-corrected chi connectivity index (χ1v) is 8.52. The molecule has 0 N–H and O–H groups in total. The van der Waals surface area contributed by atoms with Gasteiger partial charge in [-0.1, -0.05) is 45.8 Å². The van der Waals surface area contributed by atoms with E-state index >= 15 is 0 Å². The summed E-state index contributed by atoms with van der Waals surface area (Å²) in [6.45, 7) is 14.4. The standard InChI is InChI=1S/C19H30O4/c1-8-11-23-18(21)16-15(17(20)22-10-3)12(4)14(9-2)13(5)19(16,6)7/h12H,8-11H2,1-7H3. The van der Waals surface area contributed by atoms with Gasteiger partial charge in [-0.25, -0.2) is 9.59 Å². The lowest BCUT2D eigenvalue weighted by Gasteiger charge is -2.39. The Kier molecular flexibility index (Phi) is 6.60. The Morgan fingerprint density at radius 1 is 1.09 bits per heavy atom. The summed E-state index contributed by atoms with van der Waals surface area (Å²) in [7, 11) is 0. The maximum atomic E-state index is 12.7. The van der Waals surface area contributed by atoms with Crippen LogP contribution in [0.15, 0.2) is 22.3 Å². The van der Waals surface area contributed by atoms with E-state index in [1.165, 1.54) is 5.57 Å². The molecule has 1 aliphatic rings. The van der Waals surface area contributed by atoms with E-state index in [2.05, 4.69) is 6.92 Å². The monoisotopic (exact) mass is 322 g/mol. The van der Waals surface area contributed by atoms with E-state index < -0.39 is 17.4 Å². The van der Waals surface area contributed by atoms with Gasteiger partial charge in [-0.05, 0) is 26.7 Å². The van der Waals surface area contributed by atoms with Gasteiger partial charge in [0, 0.05) is 11.3 Å². The van der Waals surface area contributed by atoms with Crippen LogP contribution >= 0.6 is 0 Å². The lowest BCUT2D eigenvalue weighted by atomic mass is 9.65. The highest BCUT2D eigenvalue weighted by Gasteiger charge is 2.44. The van der Waals surface area contributed by atoms with Gasteiger partial charge in [-0.2, -0.15) is 0 Å². The topological polar surface area (TPSA) is 52.6 Å². The van der Waals surface area contributed by atoms with Crippen LogP contribution in [0.4, 0.5) is 0 Å². The first kappa shape index (κ1) is 19.5. The molecule has 0 saturated carbocycles. The summed E-state index contributed by atoms with van der Waals surface area (Å²) in [4.78, 5) is 25.2. The quantitative estimate of drug-likeness (QED) is 0.543. The van der Waals surface area contributed by atoms with Gasteiger partial charge in [0.15, 0.2) is 0 Å². The molecule has 1 rings (SSSR count). The molecule has 0 amide bonds. The summed E-state index contributed by atoms with van der Waals surface area (Å²) in [5, 5.41) is 0. The number of carbonyl (C=O) groups excluding carboxylic acids is 2. The molecule has 0 bridgehead atoms. The Bertz CT molecular complexity index is 538. The van der Waals surface area contributed by atoms with Crippen LogP contribution in [-0.2, 0) is 19.1 Å². The Balaban J connectivity index is 3.50. The van der Waals surface area contributed by atoms with Gasteiger partial charge >= 0.3 is 11.9 Å². The van der Waals surface area contributed by atoms with Gasteiger partial charge in [-0.15, -0.1) is 0 Å². The molecular formula is C19H30O4. The minimum Gasteiger partial charge on any atom is -0.463 e. The molecule has 0 heterocycles. The molecule has 4 heteroatoms. The lowest BCUT2D eigenvalue weighted by Crippen LogP contribution is -2.35. The Morgan fingerprint density at radius 3 is 2.17 bits per heavy atom. The van der Waals surface area contributed by atoms with E-state index in [0.29, 0.717) is 17.8 Å². The van der Waals surface area contributed by atoms with Crippen molar-refractivity contribution >= 4 is 11.9 Å². The fourth-order valence-electron chi connectivity index (χ4n) is 3.33. The lowest BCUT2D eigenvalue weighted by molar-refractivity contribution is -0.143. The molecule has 0 aromatic carbocycles. The Morgan fingerprint density at radius 2 is 1.70 bits per heavy atom. The van der Waals surface area contributed by atoms with Crippen LogP contribution in [0, 0.1) is 11.3 Å². The molecule has 0 radical (unpaired) electrons. The van der Waals surface area contributed by atoms with Crippen LogP contribution < -0.4 is 0 Å². The maximum Gasteiger partial charge on any atom is 0.335 e. The third-order valence-electron chi connectivity index (χ3n) is 4.79. The SMILES string of the molecule is CCCOC(=O)C1=C(C(=O)OCC)C(C)C(CC)=C(C)C1(C)C. The van der Waals surface area contributed by atoms with Crippen molar-refractivity contribution in [1.82, 2.24) is 0 Å². The number of hydrogen-bond acceptors (Lipinski definition) is 4. The molecule has 23 heavy (non-hydrogen) atoms. The Hall–Kier alpha value is -1.58. The van der Waals surface area contributed by atoms with Crippen molar-refractivity contribution in [3.8, 4) is 0 Å². The Labute approximate surface area is 139 Å². The fourth-order valence-corrected chi connectivity index (χ4v) is 3.33. The van der Waals surface area contributed by atoms with Crippen LogP contribution in [0.25, 0.3) is 0 Å². The second-order valence-corrected chi connectivity index (χ2v) is 6.50. The van der Waals surface area contributed by atoms with Crippen LogP contribution in [0.2, 0.25) is 0 Å². The fraction of sp³-hybridized carbons (Fsp3) is 0.684. The van der Waals surface area contributed by atoms with E-state index in [0.717, 1.165) is 18.4 Å². The number of allylic oxidation sites excluding steroid dienone is 2. The summed E-state index contributed by atoms with van der Waals surface area (Å²) in [5.74, 6) is -0.938. The van der Waals surface area contributed by atoms with Crippen molar-refractivity contribution in [2.24, 2.45) is 11.3 Å². The van der Waals surface area contributed by atoms with E-state index in [1.54, 1.807) is 6.92 Å². The number of rotatable bonds is 6. The largest absolute Gasteiger partial charge is 0.463 e. The molecule has 130 valence electrons. The van der Waals surface area contributed by atoms with E-state index in [-0.39, 0.29) is 12.5 Å². The summed E-state index contributed by atoms with van der Waals surface area (Å²) in [6.07, 6.45) is 1.59. The normalized spacial score (nSPS) is 20.6. The zero-order valence-corrected chi connectivity index (χ0v) is 15.5. The number of ether oxygens (including phenoxy) is 2. The van der Waals surface area contributed by atoms with Crippen LogP contribution in [-0.4, -0.2) is 25.2 Å². The van der Waals surface area contributed by atoms with Gasteiger partial charge in [-0.3, -0.25) is 0 Å². The highest BCUT2D eigenvalue weighted by atomic mass is 16.5. The van der Waals surface area contributed by atoms with Crippen LogP contribution in [0.3, 0.4) is 0 Å². The van der Waals surface area contributed by atoms with Gasteiger partial charge in [0.1, 0.15) is 0 Å². The van der Waals surface area contributed by atoms with Crippen molar-refractivity contribution in [3.63, 3.8) is 0 Å². The minimum absolute atomic E-state index is 0.128. The van der Waals surface area contributed by atoms with Crippen LogP contribution in [0.1, 0.15) is 61.3 Å². The van der Waals surface area contributed by atoms with Crippen molar-refractivity contribution in [2.75, 3.05) is 13.2 Å². The second-order valence-electron chi connectivity index (χ2n) is 6.50. The average molecular weight is 322 g/mol. The summed E-state index contributed by atoms with van der Waals surface area (Å²) < 4.78 is 10.6. The zero-order chi connectivity index (χ0) is 17.8. The van der Waals surface area contributed by atoms with E-state index in [1.807, 2.05) is 34.6 Å². The molecule has 0 spiro atoms. The van der Waals surface area contributed by atoms with Crippen LogP contribution in [0.5, 0.6) is 0 Å². The van der Waals surface area contributed by atoms with Gasteiger partial charge in [0.2, 0.25) is 0 Å². The maximum absolute atomic E-state index is 12.7. The molecule has 4 nitrogen and oxygen atoms in total. The second kappa shape index (κ2) is 7.80. The van der Waals surface area contributed by atoms with Gasteiger partial charge in [0.25, 0.3) is 0 Å². The predicted octanol–water partition coefficient (Wildman–Crippen LogP) is 4.20. The molecule has 0 fully saturated rings.